The van der Waals surface area contributed by atoms with Crippen molar-refractivity contribution < 1.29 is 13.6 Å². The van der Waals surface area contributed by atoms with Crippen LogP contribution in [0.5, 0.6) is 0 Å². The van der Waals surface area contributed by atoms with Gasteiger partial charge < -0.3 is 15.6 Å². The molecule has 160 valence electrons. The first-order valence-corrected chi connectivity index (χ1v) is 9.63. The molecule has 0 bridgehead atoms. The molecule has 9 nitrogen and oxygen atoms in total. The molecule has 3 N–H and O–H groups in total. The number of carbonyl (C=O) groups excluding carboxylic acids is 1. The van der Waals surface area contributed by atoms with Crippen LogP contribution >= 0.6 is 0 Å². The summed E-state index contributed by atoms with van der Waals surface area (Å²) in [6, 6.07) is 7.22. The monoisotopic (exact) mass is 434 g/mol. The van der Waals surface area contributed by atoms with E-state index in [-0.39, 0.29) is 5.69 Å². The summed E-state index contributed by atoms with van der Waals surface area (Å²) in [6.07, 6.45) is 7.29. The van der Waals surface area contributed by atoms with Crippen molar-refractivity contribution in [2.75, 3.05) is 11.9 Å². The largest absolute Gasteiger partial charge is 0.345 e. The van der Waals surface area contributed by atoms with Crippen molar-refractivity contribution in [2.24, 2.45) is 0 Å². The fourth-order valence-corrected chi connectivity index (χ4v) is 3.34. The van der Waals surface area contributed by atoms with E-state index in [1.54, 1.807) is 41.5 Å². The average molecular weight is 434 g/mol. The van der Waals surface area contributed by atoms with E-state index in [0.29, 0.717) is 17.2 Å². The SMILES string of the molecule is O=C(NCC(F)F)c1cnc2ccc(-c3c[nH]c4nc(Nc5ccncc5)ncc34)cn12. The molecular weight excluding hydrogens is 418 g/mol. The minimum absolute atomic E-state index is 0.169. The third-order valence-electron chi connectivity index (χ3n) is 4.83. The highest BCUT2D eigenvalue weighted by Gasteiger charge is 2.16. The van der Waals surface area contributed by atoms with Crippen molar-refractivity contribution in [1.82, 2.24) is 34.6 Å². The first-order valence-electron chi connectivity index (χ1n) is 9.63. The smallest absolute Gasteiger partial charge is 0.270 e. The number of imidazole rings is 1. The second-order valence-electron chi connectivity index (χ2n) is 6.91. The summed E-state index contributed by atoms with van der Waals surface area (Å²) in [5.41, 5.74) is 3.74. The Hall–Kier alpha value is -4.41. The van der Waals surface area contributed by atoms with Crippen molar-refractivity contribution in [2.45, 2.75) is 6.43 Å². The van der Waals surface area contributed by atoms with Gasteiger partial charge >= 0.3 is 0 Å². The van der Waals surface area contributed by atoms with E-state index in [0.717, 1.165) is 22.2 Å². The predicted octanol–water partition coefficient (Wildman–Crippen LogP) is 3.41. The number of nitrogens with one attached hydrogen (secondary N) is 3. The number of H-pyrrole nitrogens is 1. The lowest BCUT2D eigenvalue weighted by Crippen LogP contribution is -2.29. The van der Waals surface area contributed by atoms with Crippen LogP contribution in [0.1, 0.15) is 10.5 Å². The maximum Gasteiger partial charge on any atom is 0.270 e. The predicted molar refractivity (Wildman–Crippen MR) is 114 cm³/mol. The maximum atomic E-state index is 12.4. The van der Waals surface area contributed by atoms with Crippen molar-refractivity contribution in [3.8, 4) is 11.1 Å². The molecule has 0 aromatic carbocycles. The standard InChI is InChI=1S/C21H16F2N8O/c22-17(23)10-27-20(32)16-9-25-18-2-1-12(11-31(16)18)14-7-26-19-15(14)8-28-21(30-19)29-13-3-5-24-6-4-13/h1-9,11,17H,10H2,(H,27,32)(H2,24,26,28,29,30). The molecule has 0 fully saturated rings. The molecule has 32 heavy (non-hydrogen) atoms. The summed E-state index contributed by atoms with van der Waals surface area (Å²) < 4.78 is 26.4. The van der Waals surface area contributed by atoms with Crippen LogP contribution in [0.2, 0.25) is 0 Å². The van der Waals surface area contributed by atoms with E-state index in [1.807, 2.05) is 18.2 Å². The summed E-state index contributed by atoms with van der Waals surface area (Å²) in [5, 5.41) is 6.10. The van der Waals surface area contributed by atoms with Gasteiger partial charge in [0.05, 0.1) is 12.7 Å². The number of anilines is 2. The first kappa shape index (κ1) is 19.5. The van der Waals surface area contributed by atoms with Crippen molar-refractivity contribution in [3.63, 3.8) is 0 Å². The zero-order chi connectivity index (χ0) is 22.1. The van der Waals surface area contributed by atoms with Gasteiger partial charge in [0.25, 0.3) is 12.3 Å². The lowest BCUT2D eigenvalue weighted by Gasteiger charge is -2.06. The number of aromatic nitrogens is 6. The van der Waals surface area contributed by atoms with E-state index in [4.69, 9.17) is 0 Å². The number of carbonyl (C=O) groups is 1. The molecule has 0 radical (unpaired) electrons. The molecular formula is C21H16F2N8O. The molecule has 0 saturated carbocycles. The van der Waals surface area contributed by atoms with Gasteiger partial charge in [0, 0.05) is 53.2 Å². The number of nitrogens with zero attached hydrogens (tertiary/aromatic N) is 5. The molecule has 0 aliphatic carbocycles. The lowest BCUT2D eigenvalue weighted by molar-refractivity contribution is 0.0886. The summed E-state index contributed by atoms with van der Waals surface area (Å²) in [5.74, 6) is -0.191. The van der Waals surface area contributed by atoms with E-state index in [1.165, 1.54) is 6.20 Å². The summed E-state index contributed by atoms with van der Waals surface area (Å²) >= 11 is 0. The highest BCUT2D eigenvalue weighted by molar-refractivity contribution is 5.95. The number of hydrogen-bond donors (Lipinski definition) is 3. The third kappa shape index (κ3) is 3.71. The number of alkyl halides is 2. The Morgan fingerprint density at radius 2 is 1.97 bits per heavy atom. The van der Waals surface area contributed by atoms with E-state index < -0.39 is 18.9 Å². The number of pyridine rings is 2. The molecule has 11 heteroatoms. The van der Waals surface area contributed by atoms with E-state index >= 15 is 0 Å². The second kappa shape index (κ2) is 8.02. The first-order chi connectivity index (χ1) is 15.6. The van der Waals surface area contributed by atoms with Gasteiger partial charge in [-0.1, -0.05) is 0 Å². The van der Waals surface area contributed by atoms with Gasteiger partial charge in [-0.3, -0.25) is 14.2 Å². The summed E-state index contributed by atoms with van der Waals surface area (Å²) in [6.45, 7) is -0.721. The topological polar surface area (TPSA) is 113 Å². The molecule has 0 aliphatic heterocycles. The van der Waals surface area contributed by atoms with Gasteiger partial charge in [0.15, 0.2) is 0 Å². The Kier molecular flexibility index (Phi) is 4.90. The second-order valence-corrected chi connectivity index (χ2v) is 6.91. The van der Waals surface area contributed by atoms with Gasteiger partial charge in [-0.25, -0.2) is 18.7 Å². The quantitative estimate of drug-likeness (QED) is 0.378. The molecule has 0 saturated heterocycles. The number of amides is 1. The van der Waals surface area contributed by atoms with Crippen LogP contribution in [0, 0.1) is 0 Å². The zero-order valence-electron chi connectivity index (χ0n) is 16.5. The maximum absolute atomic E-state index is 12.4. The third-order valence-corrected chi connectivity index (χ3v) is 4.83. The Morgan fingerprint density at radius 3 is 2.78 bits per heavy atom. The Labute approximate surface area is 179 Å². The van der Waals surface area contributed by atoms with Crippen molar-refractivity contribution in [1.29, 1.82) is 0 Å². The van der Waals surface area contributed by atoms with Gasteiger partial charge in [-0.15, -0.1) is 0 Å². The lowest BCUT2D eigenvalue weighted by atomic mass is 10.1. The van der Waals surface area contributed by atoms with Gasteiger partial charge in [0.2, 0.25) is 5.95 Å². The van der Waals surface area contributed by atoms with Crippen LogP contribution in [-0.4, -0.2) is 48.2 Å². The van der Waals surface area contributed by atoms with Crippen molar-refractivity contribution in [3.05, 3.63) is 67.1 Å². The normalized spacial score (nSPS) is 11.3. The Morgan fingerprint density at radius 1 is 1.12 bits per heavy atom. The van der Waals surface area contributed by atoms with Crippen LogP contribution in [0.4, 0.5) is 20.4 Å². The Balaban J connectivity index is 1.47. The minimum atomic E-state index is -2.63. The molecule has 0 unspecified atom stereocenters. The van der Waals surface area contributed by atoms with Crippen LogP contribution < -0.4 is 10.6 Å². The Bertz CT molecular complexity index is 1410. The van der Waals surface area contributed by atoms with Crippen LogP contribution in [0.15, 0.2) is 61.4 Å². The number of aromatic amines is 1. The van der Waals surface area contributed by atoms with Gasteiger partial charge in [-0.05, 0) is 24.3 Å². The zero-order valence-corrected chi connectivity index (χ0v) is 16.5. The summed E-state index contributed by atoms with van der Waals surface area (Å²) in [7, 11) is 0. The van der Waals surface area contributed by atoms with Gasteiger partial charge in [0.1, 0.15) is 17.0 Å². The van der Waals surface area contributed by atoms with Crippen molar-refractivity contribution >= 4 is 34.2 Å². The molecule has 5 heterocycles. The molecule has 5 aromatic heterocycles. The number of hydrogen-bond acceptors (Lipinski definition) is 6. The van der Waals surface area contributed by atoms with Gasteiger partial charge in [-0.2, -0.15) is 4.98 Å². The van der Waals surface area contributed by atoms with E-state index in [9.17, 15) is 13.6 Å². The highest BCUT2D eigenvalue weighted by atomic mass is 19.3. The fraction of sp³-hybridized carbons (Fsp3) is 0.0952. The highest BCUT2D eigenvalue weighted by Crippen LogP contribution is 2.28. The summed E-state index contributed by atoms with van der Waals surface area (Å²) in [4.78, 5) is 32.4. The van der Waals surface area contributed by atoms with Crippen LogP contribution in [0.25, 0.3) is 27.8 Å². The molecule has 0 atom stereocenters. The number of rotatable bonds is 6. The molecule has 0 spiro atoms. The molecule has 1 amide bonds. The average Bonchev–Trinajstić information content (AvgIpc) is 3.41. The molecule has 5 aromatic rings. The molecule has 5 rings (SSSR count). The van der Waals surface area contributed by atoms with E-state index in [2.05, 4.69) is 35.6 Å². The molecule has 0 aliphatic rings. The number of fused-ring (bicyclic) bond motifs is 2. The number of halogens is 2. The van der Waals surface area contributed by atoms with Crippen LogP contribution in [-0.2, 0) is 0 Å². The fourth-order valence-electron chi connectivity index (χ4n) is 3.34. The van der Waals surface area contributed by atoms with Crippen LogP contribution in [0.3, 0.4) is 0 Å². The minimum Gasteiger partial charge on any atom is -0.345 e.